The molecule has 0 amide bonds. The van der Waals surface area contributed by atoms with Crippen LogP contribution in [0.4, 0.5) is 5.69 Å². The number of quaternary nitrogens is 2. The minimum Gasteiger partial charge on any atom is -0.466 e. The van der Waals surface area contributed by atoms with Crippen molar-refractivity contribution in [2.75, 3.05) is 39.8 Å². The van der Waals surface area contributed by atoms with Crippen molar-refractivity contribution in [1.82, 2.24) is 0 Å². The zero-order chi connectivity index (χ0) is 32.0. The van der Waals surface area contributed by atoms with Crippen LogP contribution in [0.15, 0.2) is 78.9 Å². The lowest BCUT2D eigenvalue weighted by atomic mass is 10.0. The molecule has 0 saturated carbocycles. The van der Waals surface area contributed by atoms with Gasteiger partial charge in [0, 0.05) is 35.2 Å². The lowest BCUT2D eigenvalue weighted by Crippen LogP contribution is -2.51. The van der Waals surface area contributed by atoms with Gasteiger partial charge in [-0.05, 0) is 70.4 Å². The van der Waals surface area contributed by atoms with E-state index in [0.29, 0.717) is 13.0 Å². The number of aryl methyl sites for hydroxylation is 1. The molecule has 0 aliphatic carbocycles. The molecule has 0 aromatic heterocycles. The molecule has 1 atom stereocenters. The summed E-state index contributed by atoms with van der Waals surface area (Å²) in [6.45, 7) is 9.91. The number of nitro benzene ring substituents is 1. The number of nitrogens with zero attached hydrogens (tertiary/aromatic N) is 3. The van der Waals surface area contributed by atoms with E-state index in [0.717, 1.165) is 92.4 Å². The van der Waals surface area contributed by atoms with E-state index in [9.17, 15) is 14.9 Å². The number of benzene rings is 3. The first-order chi connectivity index (χ1) is 21.7. The molecule has 1 aliphatic rings. The number of esters is 1. The highest BCUT2D eigenvalue weighted by molar-refractivity contribution is 5.69. The summed E-state index contributed by atoms with van der Waals surface area (Å²) in [7, 11) is 2.36. The number of carbonyl (C=O) groups excluding carboxylic acids is 1. The van der Waals surface area contributed by atoms with Crippen molar-refractivity contribution >= 4 is 11.7 Å². The molecular weight excluding hydrogens is 562 g/mol. The van der Waals surface area contributed by atoms with Crippen molar-refractivity contribution in [3.8, 4) is 0 Å². The van der Waals surface area contributed by atoms with Crippen LogP contribution in [-0.4, -0.2) is 59.7 Å². The first kappa shape index (κ1) is 34.3. The number of rotatable bonds is 18. The molecule has 0 spiro atoms. The third-order valence-corrected chi connectivity index (χ3v) is 9.39. The van der Waals surface area contributed by atoms with E-state index in [4.69, 9.17) is 4.74 Å². The summed E-state index contributed by atoms with van der Waals surface area (Å²) >= 11 is 0. The summed E-state index contributed by atoms with van der Waals surface area (Å²) in [5, 5.41) is 11.0. The molecule has 4 rings (SSSR count). The van der Waals surface area contributed by atoms with Crippen molar-refractivity contribution in [2.24, 2.45) is 0 Å². The number of piperidine rings is 1. The maximum Gasteiger partial charge on any atom is 0.305 e. The highest BCUT2D eigenvalue weighted by Crippen LogP contribution is 2.25. The number of nitro groups is 1. The summed E-state index contributed by atoms with van der Waals surface area (Å²) in [4.78, 5) is 23.2. The zero-order valence-electron chi connectivity index (χ0n) is 27.5. The summed E-state index contributed by atoms with van der Waals surface area (Å²) in [5.74, 6) is -0.0837. The normalized spacial score (nSPS) is 15.7. The van der Waals surface area contributed by atoms with E-state index in [1.165, 1.54) is 36.0 Å². The first-order valence-electron chi connectivity index (χ1n) is 16.9. The van der Waals surface area contributed by atoms with Crippen LogP contribution < -0.4 is 0 Å². The minimum absolute atomic E-state index is 0.0837. The van der Waals surface area contributed by atoms with Crippen LogP contribution in [0.5, 0.6) is 0 Å². The number of ether oxygens (including phenoxy) is 1. The maximum absolute atomic E-state index is 12.5. The number of hydrogen-bond donors (Lipinski definition) is 0. The van der Waals surface area contributed by atoms with Crippen molar-refractivity contribution in [1.29, 1.82) is 0 Å². The van der Waals surface area contributed by atoms with Gasteiger partial charge in [-0.3, -0.25) is 14.9 Å². The first-order valence-corrected chi connectivity index (χ1v) is 16.9. The third kappa shape index (κ3) is 11.7. The molecule has 45 heavy (non-hydrogen) atoms. The van der Waals surface area contributed by atoms with Gasteiger partial charge in [0.15, 0.2) is 0 Å². The van der Waals surface area contributed by atoms with E-state index < -0.39 is 0 Å². The molecule has 0 bridgehead atoms. The SMILES string of the molecule is Cc1ccc(C[N+](C)(CCCCCOC(=O)CCCC[N+]2(Cc3ccc([N+](=O)[O-])cc3)CCCCC2)Cc2ccccc2)cc1. The Kier molecular flexibility index (Phi) is 13.1. The molecule has 1 aliphatic heterocycles. The summed E-state index contributed by atoms with van der Waals surface area (Å²) in [6, 6.07) is 26.7. The standard InChI is InChI=1S/C38H53N3O4/c1-33-17-19-35(20-18-33)31-40(2,30-34-14-6-3-7-15-34)25-9-5-13-29-45-38(42)16-8-12-28-41(26-10-4-11-27-41)32-36-21-23-37(24-22-36)39(43)44/h3,6-7,14-15,17-24H,4-5,8-13,16,25-32H2,1-2H3/q+2. The second kappa shape index (κ2) is 17.2. The van der Waals surface area contributed by atoms with Gasteiger partial charge >= 0.3 is 5.97 Å². The van der Waals surface area contributed by atoms with Crippen LogP contribution in [0, 0.1) is 17.0 Å². The topological polar surface area (TPSA) is 69.4 Å². The van der Waals surface area contributed by atoms with Gasteiger partial charge in [0.2, 0.25) is 0 Å². The molecule has 1 fully saturated rings. The number of likely N-dealkylation sites (tertiary alicyclic amines) is 1. The molecule has 0 N–H and O–H groups in total. The van der Waals surface area contributed by atoms with Gasteiger partial charge in [-0.25, -0.2) is 0 Å². The van der Waals surface area contributed by atoms with Crippen LogP contribution in [0.3, 0.4) is 0 Å². The van der Waals surface area contributed by atoms with Crippen molar-refractivity contribution in [3.63, 3.8) is 0 Å². The van der Waals surface area contributed by atoms with E-state index in [-0.39, 0.29) is 16.6 Å². The number of unbranched alkanes of at least 4 members (excludes halogenated alkanes) is 3. The molecule has 3 aromatic rings. The van der Waals surface area contributed by atoms with Crippen LogP contribution in [0.1, 0.15) is 80.0 Å². The highest BCUT2D eigenvalue weighted by Gasteiger charge is 2.30. The second-order valence-corrected chi connectivity index (χ2v) is 13.5. The van der Waals surface area contributed by atoms with E-state index in [1.807, 2.05) is 12.1 Å². The van der Waals surface area contributed by atoms with Crippen molar-refractivity contribution < 1.29 is 23.4 Å². The minimum atomic E-state index is -0.343. The van der Waals surface area contributed by atoms with Crippen LogP contribution >= 0.6 is 0 Å². The fourth-order valence-electron chi connectivity index (χ4n) is 6.87. The molecular formula is C38H53N3O4+2. The lowest BCUT2D eigenvalue weighted by Gasteiger charge is -2.42. The molecule has 3 aromatic carbocycles. The predicted molar refractivity (Wildman–Crippen MR) is 180 cm³/mol. The fraction of sp³-hybridized carbons (Fsp3) is 0.500. The average Bonchev–Trinajstić information content (AvgIpc) is 3.03. The average molecular weight is 616 g/mol. The Hall–Kier alpha value is -3.55. The lowest BCUT2D eigenvalue weighted by molar-refractivity contribution is -0.945. The highest BCUT2D eigenvalue weighted by atomic mass is 16.6. The smallest absolute Gasteiger partial charge is 0.305 e. The Bertz CT molecular complexity index is 1320. The van der Waals surface area contributed by atoms with Gasteiger partial charge < -0.3 is 13.7 Å². The monoisotopic (exact) mass is 615 g/mol. The quantitative estimate of drug-likeness (QED) is 0.0476. The largest absolute Gasteiger partial charge is 0.466 e. The molecule has 1 heterocycles. The fourth-order valence-corrected chi connectivity index (χ4v) is 6.87. The molecule has 7 nitrogen and oxygen atoms in total. The number of non-ortho nitro benzene ring substituents is 1. The number of hydrogen-bond acceptors (Lipinski definition) is 4. The molecule has 0 radical (unpaired) electrons. The Morgan fingerprint density at radius 2 is 1.44 bits per heavy atom. The van der Waals surface area contributed by atoms with Gasteiger partial charge in [0.1, 0.15) is 19.6 Å². The van der Waals surface area contributed by atoms with Gasteiger partial charge in [-0.15, -0.1) is 0 Å². The van der Waals surface area contributed by atoms with Gasteiger partial charge in [-0.1, -0.05) is 60.2 Å². The summed E-state index contributed by atoms with van der Waals surface area (Å²) < 4.78 is 7.58. The second-order valence-electron chi connectivity index (χ2n) is 13.5. The third-order valence-electron chi connectivity index (χ3n) is 9.39. The molecule has 1 unspecified atom stereocenters. The van der Waals surface area contributed by atoms with E-state index in [2.05, 4.69) is 68.6 Å². The molecule has 242 valence electrons. The summed E-state index contributed by atoms with van der Waals surface area (Å²) in [6.07, 6.45) is 9.04. The van der Waals surface area contributed by atoms with Gasteiger partial charge in [0.25, 0.3) is 5.69 Å². The Labute approximate surface area is 270 Å². The van der Waals surface area contributed by atoms with Crippen LogP contribution in [0.25, 0.3) is 0 Å². The number of carbonyl (C=O) groups is 1. The zero-order valence-corrected chi connectivity index (χ0v) is 27.5. The van der Waals surface area contributed by atoms with Gasteiger partial charge in [0.05, 0.1) is 44.8 Å². The Morgan fingerprint density at radius 3 is 2.11 bits per heavy atom. The summed E-state index contributed by atoms with van der Waals surface area (Å²) in [5.41, 5.74) is 5.31. The van der Waals surface area contributed by atoms with Crippen molar-refractivity contribution in [2.45, 2.75) is 84.3 Å². The Balaban J connectivity index is 1.15. The van der Waals surface area contributed by atoms with E-state index >= 15 is 0 Å². The van der Waals surface area contributed by atoms with Crippen LogP contribution in [-0.2, 0) is 29.2 Å². The van der Waals surface area contributed by atoms with Crippen molar-refractivity contribution in [3.05, 3.63) is 111 Å². The molecule has 7 heteroatoms. The Morgan fingerprint density at radius 1 is 0.800 bits per heavy atom. The maximum atomic E-state index is 12.5. The van der Waals surface area contributed by atoms with E-state index in [1.54, 1.807) is 12.1 Å². The predicted octanol–water partition coefficient (Wildman–Crippen LogP) is 8.13. The van der Waals surface area contributed by atoms with Crippen LogP contribution in [0.2, 0.25) is 0 Å². The molecule has 1 saturated heterocycles. The van der Waals surface area contributed by atoms with Gasteiger partial charge in [-0.2, -0.15) is 0 Å².